The number of aryl methyl sites for hydroxylation is 2. The van der Waals surface area contributed by atoms with E-state index >= 15 is 0 Å². The molecule has 0 unspecified atom stereocenters. The zero-order valence-corrected chi connectivity index (χ0v) is 7.96. The van der Waals surface area contributed by atoms with Gasteiger partial charge in [-0.2, -0.15) is 0 Å². The van der Waals surface area contributed by atoms with Gasteiger partial charge in [0.05, 0.1) is 5.69 Å². The minimum absolute atomic E-state index is 0.839. The van der Waals surface area contributed by atoms with Crippen molar-refractivity contribution in [2.75, 3.05) is 11.6 Å². The molecule has 0 spiro atoms. The first-order valence-electron chi connectivity index (χ1n) is 4.25. The van der Waals surface area contributed by atoms with Crippen LogP contribution < -0.4 is 10.9 Å². The van der Waals surface area contributed by atoms with Crippen LogP contribution in [-0.4, -0.2) is 6.54 Å². The molecule has 2 heteroatoms. The highest BCUT2D eigenvalue weighted by molar-refractivity contribution is 5.57. The summed E-state index contributed by atoms with van der Waals surface area (Å²) in [4.78, 5) is 0. The van der Waals surface area contributed by atoms with Gasteiger partial charge in [0.1, 0.15) is 0 Å². The van der Waals surface area contributed by atoms with E-state index in [1.807, 2.05) is 6.92 Å². The minimum Gasteiger partial charge on any atom is -0.311 e. The van der Waals surface area contributed by atoms with E-state index in [0.717, 1.165) is 12.2 Å². The number of para-hydroxylation sites is 1. The van der Waals surface area contributed by atoms with Gasteiger partial charge in [0.25, 0.3) is 0 Å². The van der Waals surface area contributed by atoms with Gasteiger partial charge in [0.15, 0.2) is 0 Å². The van der Waals surface area contributed by atoms with Crippen molar-refractivity contribution < 1.29 is 0 Å². The normalized spacial score (nSPS) is 10.0. The lowest BCUT2D eigenvalue weighted by atomic mass is 10.1. The summed E-state index contributed by atoms with van der Waals surface area (Å²) in [5.41, 5.74) is 3.62. The Hall–Kier alpha value is -1.02. The maximum Gasteiger partial charge on any atom is 0.0575 e. The number of rotatable bonds is 2. The second kappa shape index (κ2) is 3.59. The smallest absolute Gasteiger partial charge is 0.0575 e. The number of hydrogen-bond donors (Lipinski definition) is 1. The molecule has 0 aliphatic carbocycles. The number of benzene rings is 1. The fraction of sp³-hybridized carbons (Fsp3) is 0.400. The zero-order valence-electron chi connectivity index (χ0n) is 7.96. The third kappa shape index (κ3) is 1.59. The standard InChI is InChI=1S/C10H16N2/c1-4-12(11)10-8(2)6-5-7-9(10)3/h5-7H,4,11H2,1-3H3. The van der Waals surface area contributed by atoms with Crippen LogP contribution in [0.25, 0.3) is 0 Å². The molecular formula is C10H16N2. The van der Waals surface area contributed by atoms with E-state index in [-0.39, 0.29) is 0 Å². The van der Waals surface area contributed by atoms with Crippen LogP contribution in [0.3, 0.4) is 0 Å². The molecule has 0 aromatic heterocycles. The van der Waals surface area contributed by atoms with E-state index in [4.69, 9.17) is 5.84 Å². The molecule has 1 aromatic rings. The summed E-state index contributed by atoms with van der Waals surface area (Å²) in [6.07, 6.45) is 0. The molecule has 2 nitrogen and oxygen atoms in total. The summed E-state index contributed by atoms with van der Waals surface area (Å²) in [6, 6.07) is 6.22. The van der Waals surface area contributed by atoms with Gasteiger partial charge in [-0.05, 0) is 31.9 Å². The number of anilines is 1. The number of hydrogen-bond acceptors (Lipinski definition) is 2. The molecule has 0 amide bonds. The molecule has 2 N–H and O–H groups in total. The monoisotopic (exact) mass is 164 g/mol. The summed E-state index contributed by atoms with van der Waals surface area (Å²) in [5.74, 6) is 5.83. The molecule has 0 aliphatic heterocycles. The lowest BCUT2D eigenvalue weighted by Gasteiger charge is -2.20. The zero-order chi connectivity index (χ0) is 9.14. The molecule has 0 saturated carbocycles. The van der Waals surface area contributed by atoms with Crippen LogP contribution in [0.4, 0.5) is 5.69 Å². The van der Waals surface area contributed by atoms with Gasteiger partial charge in [-0.3, -0.25) is 0 Å². The molecule has 0 aliphatic rings. The summed E-state index contributed by atoms with van der Waals surface area (Å²) >= 11 is 0. The van der Waals surface area contributed by atoms with Gasteiger partial charge in [-0.25, -0.2) is 5.84 Å². The average molecular weight is 164 g/mol. The van der Waals surface area contributed by atoms with E-state index in [1.54, 1.807) is 5.01 Å². The van der Waals surface area contributed by atoms with Gasteiger partial charge in [-0.15, -0.1) is 0 Å². The Bertz CT molecular complexity index is 248. The third-order valence-corrected chi connectivity index (χ3v) is 2.07. The van der Waals surface area contributed by atoms with Crippen LogP contribution in [0, 0.1) is 13.8 Å². The Kier molecular flexibility index (Phi) is 2.71. The molecule has 0 heterocycles. The number of nitrogens with two attached hydrogens (primary N) is 1. The number of hydrazine groups is 1. The van der Waals surface area contributed by atoms with Crippen molar-refractivity contribution in [1.29, 1.82) is 0 Å². The van der Waals surface area contributed by atoms with Crippen molar-refractivity contribution in [2.45, 2.75) is 20.8 Å². The van der Waals surface area contributed by atoms with E-state index < -0.39 is 0 Å². The fourth-order valence-corrected chi connectivity index (χ4v) is 1.42. The first-order chi connectivity index (χ1) is 5.66. The highest BCUT2D eigenvalue weighted by Gasteiger charge is 2.04. The summed E-state index contributed by atoms with van der Waals surface area (Å²) in [5, 5.41) is 1.78. The van der Waals surface area contributed by atoms with Crippen molar-refractivity contribution in [2.24, 2.45) is 5.84 Å². The largest absolute Gasteiger partial charge is 0.311 e. The molecular weight excluding hydrogens is 148 g/mol. The van der Waals surface area contributed by atoms with Gasteiger partial charge in [0.2, 0.25) is 0 Å². The topological polar surface area (TPSA) is 29.3 Å². The fourth-order valence-electron chi connectivity index (χ4n) is 1.42. The average Bonchev–Trinajstić information content (AvgIpc) is 2.03. The van der Waals surface area contributed by atoms with E-state index in [1.165, 1.54) is 11.1 Å². The molecule has 0 atom stereocenters. The molecule has 0 radical (unpaired) electrons. The Labute approximate surface area is 74.0 Å². The summed E-state index contributed by atoms with van der Waals surface area (Å²) in [6.45, 7) is 7.05. The summed E-state index contributed by atoms with van der Waals surface area (Å²) < 4.78 is 0. The van der Waals surface area contributed by atoms with Crippen molar-refractivity contribution in [3.8, 4) is 0 Å². The second-order valence-electron chi connectivity index (χ2n) is 3.03. The maximum atomic E-state index is 5.83. The van der Waals surface area contributed by atoms with Crippen LogP contribution >= 0.6 is 0 Å². The summed E-state index contributed by atoms with van der Waals surface area (Å²) in [7, 11) is 0. The molecule has 0 fully saturated rings. The molecule has 1 rings (SSSR count). The van der Waals surface area contributed by atoms with Crippen molar-refractivity contribution in [3.63, 3.8) is 0 Å². The van der Waals surface area contributed by atoms with E-state index in [2.05, 4.69) is 32.0 Å². The predicted octanol–water partition coefficient (Wildman–Crippen LogP) is 2.00. The highest BCUT2D eigenvalue weighted by Crippen LogP contribution is 2.21. The quantitative estimate of drug-likeness (QED) is 0.535. The Balaban J connectivity index is 3.12. The minimum atomic E-state index is 0.839. The SMILES string of the molecule is CCN(N)c1c(C)cccc1C. The first kappa shape index (κ1) is 9.07. The number of nitrogens with zero attached hydrogens (tertiary/aromatic N) is 1. The lowest BCUT2D eigenvalue weighted by molar-refractivity contribution is 0.881. The molecule has 1 aromatic carbocycles. The Morgan fingerprint density at radius 2 is 1.75 bits per heavy atom. The van der Waals surface area contributed by atoms with E-state index in [9.17, 15) is 0 Å². The van der Waals surface area contributed by atoms with Gasteiger partial charge in [0, 0.05) is 6.54 Å². The van der Waals surface area contributed by atoms with Gasteiger partial charge in [-0.1, -0.05) is 18.2 Å². The predicted molar refractivity (Wildman–Crippen MR) is 53.1 cm³/mol. The highest BCUT2D eigenvalue weighted by atomic mass is 15.4. The van der Waals surface area contributed by atoms with Crippen LogP contribution in [0.15, 0.2) is 18.2 Å². The van der Waals surface area contributed by atoms with E-state index in [0.29, 0.717) is 0 Å². The Morgan fingerprint density at radius 3 is 2.17 bits per heavy atom. The van der Waals surface area contributed by atoms with Crippen LogP contribution in [-0.2, 0) is 0 Å². The molecule has 0 bridgehead atoms. The van der Waals surface area contributed by atoms with Crippen LogP contribution in [0.5, 0.6) is 0 Å². The van der Waals surface area contributed by atoms with Crippen LogP contribution in [0.1, 0.15) is 18.1 Å². The maximum absolute atomic E-state index is 5.83. The second-order valence-corrected chi connectivity index (χ2v) is 3.03. The lowest BCUT2D eigenvalue weighted by Crippen LogP contribution is -2.31. The Morgan fingerprint density at radius 1 is 1.25 bits per heavy atom. The first-order valence-corrected chi connectivity index (χ1v) is 4.25. The van der Waals surface area contributed by atoms with Crippen molar-refractivity contribution in [1.82, 2.24) is 0 Å². The molecule has 66 valence electrons. The van der Waals surface area contributed by atoms with Crippen molar-refractivity contribution in [3.05, 3.63) is 29.3 Å². The van der Waals surface area contributed by atoms with Gasteiger partial charge < -0.3 is 5.01 Å². The molecule has 0 saturated heterocycles. The van der Waals surface area contributed by atoms with Crippen LogP contribution in [0.2, 0.25) is 0 Å². The molecule has 12 heavy (non-hydrogen) atoms. The third-order valence-electron chi connectivity index (χ3n) is 2.07. The van der Waals surface area contributed by atoms with Gasteiger partial charge >= 0.3 is 0 Å². The van der Waals surface area contributed by atoms with Crippen molar-refractivity contribution >= 4 is 5.69 Å².